The van der Waals surface area contributed by atoms with Crippen LogP contribution >= 0.6 is 0 Å². The van der Waals surface area contributed by atoms with Gasteiger partial charge in [0.15, 0.2) is 0 Å². The van der Waals surface area contributed by atoms with E-state index < -0.39 is 0 Å². The summed E-state index contributed by atoms with van der Waals surface area (Å²) in [5, 5.41) is 0. The number of unbranched alkanes of at least 4 members (excludes halogenated alkanes) is 10. The molecule has 1 unspecified atom stereocenters. The predicted molar refractivity (Wildman–Crippen MR) is 99.7 cm³/mol. The summed E-state index contributed by atoms with van der Waals surface area (Å²) in [5.41, 5.74) is 0. The molecule has 0 heterocycles. The van der Waals surface area contributed by atoms with Gasteiger partial charge >= 0.3 is 0 Å². The minimum absolute atomic E-state index is 0. The van der Waals surface area contributed by atoms with Gasteiger partial charge in [0.05, 0.1) is 6.61 Å². The van der Waals surface area contributed by atoms with Crippen LogP contribution in [0.15, 0.2) is 0 Å². The third-order valence-corrected chi connectivity index (χ3v) is 4.57. The maximum atomic E-state index is 5.92. The molecule has 0 bridgehead atoms. The number of ether oxygens (including phenoxy) is 1. The molecule has 0 rings (SSSR count). The largest absolute Gasteiger partial charge is 1.00 e. The topological polar surface area (TPSA) is 12.5 Å². The Morgan fingerprint density at radius 1 is 0.696 bits per heavy atom. The van der Waals surface area contributed by atoms with Gasteiger partial charge in [-0.3, -0.25) is 0 Å². The molecule has 0 aliphatic rings. The van der Waals surface area contributed by atoms with Crippen molar-refractivity contribution >= 4 is 0 Å². The Hall–Kier alpha value is 0.210. The quantitative estimate of drug-likeness (QED) is 0.375. The van der Waals surface area contributed by atoms with Gasteiger partial charge in [0.1, 0.15) is 0 Å². The molecule has 0 fully saturated rings. The van der Waals surface area contributed by atoms with Gasteiger partial charge < -0.3 is 22.0 Å². The van der Waals surface area contributed by atoms with Crippen molar-refractivity contribution in [3.63, 3.8) is 0 Å². The lowest BCUT2D eigenvalue weighted by molar-refractivity contribution is -0.00000587. The van der Waals surface area contributed by atoms with Gasteiger partial charge in [-0.1, -0.05) is 84.5 Å². The van der Waals surface area contributed by atoms with E-state index in [1.165, 1.54) is 83.5 Å². The highest BCUT2D eigenvalue weighted by Gasteiger charge is 2.10. The fraction of sp³-hybridized carbons (Fsp3) is 1.00. The SMILES string of the molecule is CCCCCCCCCOCC(CCCCCCC)N(C)C.[Cl-]. The van der Waals surface area contributed by atoms with Crippen molar-refractivity contribution < 1.29 is 17.1 Å². The van der Waals surface area contributed by atoms with Crippen LogP contribution in [0.2, 0.25) is 0 Å². The van der Waals surface area contributed by atoms with Gasteiger partial charge in [0, 0.05) is 12.6 Å². The lowest BCUT2D eigenvalue weighted by Crippen LogP contribution is -3.00. The van der Waals surface area contributed by atoms with E-state index in [4.69, 9.17) is 4.74 Å². The summed E-state index contributed by atoms with van der Waals surface area (Å²) in [7, 11) is 4.38. The fourth-order valence-electron chi connectivity index (χ4n) is 2.85. The summed E-state index contributed by atoms with van der Waals surface area (Å²) >= 11 is 0. The molecule has 0 spiro atoms. The van der Waals surface area contributed by atoms with Crippen LogP contribution in [0.25, 0.3) is 0 Å². The number of halogens is 1. The fourth-order valence-corrected chi connectivity index (χ4v) is 2.85. The van der Waals surface area contributed by atoms with Crippen molar-refractivity contribution in [1.82, 2.24) is 4.90 Å². The Balaban J connectivity index is 0. The molecule has 0 radical (unpaired) electrons. The summed E-state index contributed by atoms with van der Waals surface area (Å²) in [5.74, 6) is 0. The Labute approximate surface area is 153 Å². The van der Waals surface area contributed by atoms with Crippen LogP contribution in [0.3, 0.4) is 0 Å². The second kappa shape index (κ2) is 20.3. The maximum absolute atomic E-state index is 5.92. The molecular formula is C20H43ClNO-. The molecular weight excluding hydrogens is 306 g/mol. The van der Waals surface area contributed by atoms with Crippen LogP contribution in [-0.4, -0.2) is 38.3 Å². The normalized spacial score (nSPS) is 12.4. The second-order valence-corrected chi connectivity index (χ2v) is 7.02. The monoisotopic (exact) mass is 348 g/mol. The summed E-state index contributed by atoms with van der Waals surface area (Å²) in [6.07, 6.45) is 17.7. The molecule has 0 amide bonds. The van der Waals surface area contributed by atoms with Crippen LogP contribution in [-0.2, 0) is 4.74 Å². The minimum atomic E-state index is 0. The van der Waals surface area contributed by atoms with Gasteiger partial charge in [-0.15, -0.1) is 0 Å². The van der Waals surface area contributed by atoms with Gasteiger partial charge in [0.25, 0.3) is 0 Å². The molecule has 0 aromatic carbocycles. The van der Waals surface area contributed by atoms with Crippen molar-refractivity contribution in [2.45, 2.75) is 103 Å². The summed E-state index contributed by atoms with van der Waals surface area (Å²) in [6, 6.07) is 0.603. The van der Waals surface area contributed by atoms with Crippen LogP contribution in [0.1, 0.15) is 97.3 Å². The zero-order valence-electron chi connectivity index (χ0n) is 16.4. The molecule has 142 valence electrons. The molecule has 0 N–H and O–H groups in total. The third-order valence-electron chi connectivity index (χ3n) is 4.57. The minimum Gasteiger partial charge on any atom is -1.00 e. The first kappa shape index (κ1) is 25.5. The highest BCUT2D eigenvalue weighted by atomic mass is 35.5. The molecule has 0 aliphatic heterocycles. The first-order chi connectivity index (χ1) is 10.7. The molecule has 3 heteroatoms. The lowest BCUT2D eigenvalue weighted by atomic mass is 10.1. The Bertz CT molecular complexity index is 212. The molecule has 23 heavy (non-hydrogen) atoms. The molecule has 0 saturated carbocycles. The molecule has 0 aromatic rings. The Morgan fingerprint density at radius 3 is 1.70 bits per heavy atom. The van der Waals surface area contributed by atoms with E-state index in [9.17, 15) is 0 Å². The van der Waals surface area contributed by atoms with Crippen LogP contribution in [0.5, 0.6) is 0 Å². The highest BCUT2D eigenvalue weighted by molar-refractivity contribution is 4.65. The van der Waals surface area contributed by atoms with Crippen LogP contribution in [0.4, 0.5) is 0 Å². The smallest absolute Gasteiger partial charge is 0.0621 e. The molecule has 0 aliphatic carbocycles. The Kier molecular flexibility index (Phi) is 22.4. The van der Waals surface area contributed by atoms with E-state index in [-0.39, 0.29) is 12.4 Å². The van der Waals surface area contributed by atoms with E-state index >= 15 is 0 Å². The van der Waals surface area contributed by atoms with Crippen molar-refractivity contribution in [3.05, 3.63) is 0 Å². The molecule has 2 nitrogen and oxygen atoms in total. The molecule has 1 atom stereocenters. The van der Waals surface area contributed by atoms with E-state index in [1.54, 1.807) is 0 Å². The van der Waals surface area contributed by atoms with Crippen molar-refractivity contribution in [2.24, 2.45) is 0 Å². The average Bonchev–Trinajstić information content (AvgIpc) is 2.50. The van der Waals surface area contributed by atoms with Crippen LogP contribution < -0.4 is 12.4 Å². The van der Waals surface area contributed by atoms with Gasteiger partial charge in [-0.05, 0) is 26.9 Å². The third kappa shape index (κ3) is 18.4. The average molecular weight is 349 g/mol. The van der Waals surface area contributed by atoms with Gasteiger partial charge in [-0.25, -0.2) is 0 Å². The summed E-state index contributed by atoms with van der Waals surface area (Å²) in [6.45, 7) is 6.42. The summed E-state index contributed by atoms with van der Waals surface area (Å²) < 4.78 is 5.92. The zero-order chi connectivity index (χ0) is 16.5. The number of rotatable bonds is 17. The van der Waals surface area contributed by atoms with E-state index in [2.05, 4.69) is 32.8 Å². The number of hydrogen-bond acceptors (Lipinski definition) is 2. The summed E-state index contributed by atoms with van der Waals surface area (Å²) in [4.78, 5) is 2.34. The zero-order valence-corrected chi connectivity index (χ0v) is 17.2. The maximum Gasteiger partial charge on any atom is 0.0621 e. The van der Waals surface area contributed by atoms with Gasteiger partial charge in [-0.2, -0.15) is 0 Å². The lowest BCUT2D eigenvalue weighted by Gasteiger charge is -2.24. The standard InChI is InChI=1S/C20H43NO.ClH/c1-5-7-9-11-12-14-16-18-22-19-20(21(3)4)17-15-13-10-8-6-2;/h20H,5-19H2,1-4H3;1H/p-1. The Morgan fingerprint density at radius 2 is 1.17 bits per heavy atom. The van der Waals surface area contributed by atoms with Crippen LogP contribution in [0, 0.1) is 0 Å². The highest BCUT2D eigenvalue weighted by Crippen LogP contribution is 2.11. The van der Waals surface area contributed by atoms with Gasteiger partial charge in [0.2, 0.25) is 0 Å². The van der Waals surface area contributed by atoms with Crippen molar-refractivity contribution in [3.8, 4) is 0 Å². The van der Waals surface area contributed by atoms with Crippen molar-refractivity contribution in [1.29, 1.82) is 0 Å². The molecule has 0 aromatic heterocycles. The molecule has 0 saturated heterocycles. The first-order valence-electron chi connectivity index (χ1n) is 9.96. The van der Waals surface area contributed by atoms with E-state index in [0.717, 1.165) is 13.2 Å². The van der Waals surface area contributed by atoms with E-state index in [0.29, 0.717) is 6.04 Å². The number of hydrogen-bond donors (Lipinski definition) is 0. The number of likely N-dealkylation sites (N-methyl/N-ethyl adjacent to an activating group) is 1. The van der Waals surface area contributed by atoms with Crippen molar-refractivity contribution in [2.75, 3.05) is 27.3 Å². The number of nitrogens with zero attached hydrogens (tertiary/aromatic N) is 1. The first-order valence-corrected chi connectivity index (χ1v) is 9.96. The van der Waals surface area contributed by atoms with E-state index in [1.807, 2.05) is 0 Å². The second-order valence-electron chi connectivity index (χ2n) is 7.02. The predicted octanol–water partition coefficient (Wildman–Crippen LogP) is 3.05.